The van der Waals surface area contributed by atoms with Crippen molar-refractivity contribution in [3.63, 3.8) is 0 Å². The maximum atomic E-state index is 14.3. The van der Waals surface area contributed by atoms with E-state index in [0.29, 0.717) is 19.4 Å². The van der Waals surface area contributed by atoms with Crippen molar-refractivity contribution in [1.29, 1.82) is 0 Å². The van der Waals surface area contributed by atoms with Crippen LogP contribution in [-0.2, 0) is 43.2 Å². The van der Waals surface area contributed by atoms with E-state index in [4.69, 9.17) is 45.9 Å². The molecule has 9 atom stereocenters. The third-order valence-corrected chi connectivity index (χ3v) is 12.0. The lowest BCUT2D eigenvalue weighted by atomic mass is 9.99. The average molecular weight is 1110 g/mol. The number of hydrogen-bond donors (Lipinski definition) is 17. The normalized spacial score (nSPS) is 14.7. The number of guanidine groups is 3. The zero-order valence-corrected chi connectivity index (χ0v) is 47.2. The SMILES string of the molecule is CC(C)CC(NC(=O)C(CCCN=C(N)N)NC(=O)C(CCCN=C(N)N)NC(=O)C(NC(=O)C(CCCN=C(N)N)NC(=O)C(CC(C)C)NC(=O)C(C)NC(=O)C(CCCCN)NC(=O)C(N)C(C)C)C(C)C)C(=O)O. The molecule has 78 heavy (non-hydrogen) atoms. The van der Waals surface area contributed by atoms with E-state index < -0.39 is 114 Å². The molecule has 0 rings (SSSR count). The summed E-state index contributed by atoms with van der Waals surface area (Å²) in [7, 11) is 0. The van der Waals surface area contributed by atoms with Crippen LogP contribution >= 0.6 is 0 Å². The van der Waals surface area contributed by atoms with E-state index in [-0.39, 0.29) is 113 Å². The highest BCUT2D eigenvalue weighted by Gasteiger charge is 2.35. The molecule has 0 aromatic rings. The van der Waals surface area contributed by atoms with Gasteiger partial charge in [0.2, 0.25) is 47.3 Å². The molecule has 0 spiro atoms. The number of carbonyl (C=O) groups excluding carboxylic acids is 8. The number of unbranched alkanes of at least 4 members (excludes halogenated alkanes) is 1. The smallest absolute Gasteiger partial charge is 0.326 e. The number of carboxylic acid groups (broad SMARTS) is 1. The molecule has 0 aromatic heterocycles. The van der Waals surface area contributed by atoms with Crippen molar-refractivity contribution in [3.8, 4) is 0 Å². The number of aliphatic carboxylic acids is 1. The summed E-state index contributed by atoms with van der Waals surface area (Å²) in [5.41, 5.74) is 44.7. The third kappa shape index (κ3) is 30.0. The molecule has 8 amide bonds. The van der Waals surface area contributed by atoms with Crippen LogP contribution in [0.1, 0.15) is 133 Å². The van der Waals surface area contributed by atoms with E-state index in [1.165, 1.54) is 6.92 Å². The fraction of sp³-hybridized carbons (Fsp3) is 0.755. The van der Waals surface area contributed by atoms with Crippen molar-refractivity contribution in [3.05, 3.63) is 0 Å². The van der Waals surface area contributed by atoms with Crippen LogP contribution in [0.25, 0.3) is 0 Å². The molecular formula is C49H95N19O10. The van der Waals surface area contributed by atoms with Gasteiger partial charge in [0.15, 0.2) is 17.9 Å². The number of nitrogens with one attached hydrogen (secondary N) is 8. The summed E-state index contributed by atoms with van der Waals surface area (Å²) < 4.78 is 0. The second-order valence-electron chi connectivity index (χ2n) is 20.8. The summed E-state index contributed by atoms with van der Waals surface area (Å²) in [5, 5.41) is 31.0. The van der Waals surface area contributed by atoms with Crippen LogP contribution in [0.3, 0.4) is 0 Å². The van der Waals surface area contributed by atoms with Crippen LogP contribution in [-0.4, -0.2) is 157 Å². The Bertz CT molecular complexity index is 2020. The first-order valence-corrected chi connectivity index (χ1v) is 26.7. The van der Waals surface area contributed by atoms with Gasteiger partial charge in [0.25, 0.3) is 0 Å². The van der Waals surface area contributed by atoms with Gasteiger partial charge in [0.05, 0.1) is 6.04 Å². The maximum absolute atomic E-state index is 14.3. The molecule has 0 fully saturated rings. The fourth-order valence-corrected chi connectivity index (χ4v) is 7.59. The van der Waals surface area contributed by atoms with Gasteiger partial charge in [-0.2, -0.15) is 0 Å². The standard InChI is InChI=1S/C49H95N19O10/c1-25(2)23-34(66-38(69)29(9)61-39(70)30(15-10-11-19-50)64-44(75)36(51)27(5)6)43(74)63-33(18-14-22-60-49(56)57)42(73)68-37(28(7)8)45(76)65-32(17-13-21-59-48(54)55)40(71)62-31(16-12-20-58-47(52)53)41(72)67-35(46(77)78)24-26(3)4/h25-37H,10-24,50-51H2,1-9H3,(H,61,70)(H,62,71)(H,63,74)(H,64,75)(H,65,76)(H,66,69)(H,67,72)(H,68,73)(H,77,78)(H4,52,53,58)(H4,54,55,59)(H4,56,57,60). The lowest BCUT2D eigenvalue weighted by Crippen LogP contribution is -2.61. The predicted octanol–water partition coefficient (Wildman–Crippen LogP) is -4.01. The highest BCUT2D eigenvalue weighted by Crippen LogP contribution is 2.13. The van der Waals surface area contributed by atoms with Crippen molar-refractivity contribution in [2.45, 2.75) is 187 Å². The Labute approximate surface area is 458 Å². The zero-order chi connectivity index (χ0) is 59.8. The van der Waals surface area contributed by atoms with Crippen LogP contribution in [0.5, 0.6) is 0 Å². The van der Waals surface area contributed by atoms with Crippen molar-refractivity contribution >= 4 is 71.1 Å². The first kappa shape index (κ1) is 71.0. The Hall–Kier alpha value is -7.04. The summed E-state index contributed by atoms with van der Waals surface area (Å²) in [4.78, 5) is 135. The van der Waals surface area contributed by atoms with Crippen LogP contribution in [0.15, 0.2) is 15.0 Å². The predicted molar refractivity (Wildman–Crippen MR) is 298 cm³/mol. The van der Waals surface area contributed by atoms with Crippen molar-refractivity contribution in [2.24, 2.45) is 84.5 Å². The minimum atomic E-state index is -1.37. The monoisotopic (exact) mass is 1110 g/mol. The van der Waals surface area contributed by atoms with Gasteiger partial charge < -0.3 is 93.5 Å². The summed E-state index contributed by atoms with van der Waals surface area (Å²) >= 11 is 0. The average Bonchev–Trinajstić information content (AvgIpc) is 3.33. The summed E-state index contributed by atoms with van der Waals surface area (Å²) in [5.74, 6) is -9.07. The molecule has 0 aliphatic carbocycles. The second kappa shape index (κ2) is 37.7. The Morgan fingerprint density at radius 2 is 0.731 bits per heavy atom. The van der Waals surface area contributed by atoms with E-state index in [2.05, 4.69) is 57.5 Å². The van der Waals surface area contributed by atoms with Crippen molar-refractivity contribution in [1.82, 2.24) is 42.5 Å². The van der Waals surface area contributed by atoms with Gasteiger partial charge in [-0.15, -0.1) is 0 Å². The Morgan fingerprint density at radius 1 is 0.397 bits per heavy atom. The molecule has 29 nitrogen and oxygen atoms in total. The van der Waals surface area contributed by atoms with Crippen LogP contribution < -0.4 is 88.4 Å². The summed E-state index contributed by atoms with van der Waals surface area (Å²) in [6.45, 7) is 15.9. The van der Waals surface area contributed by atoms with E-state index in [1.807, 2.05) is 0 Å². The number of aliphatic imine (C=N–C) groups is 3. The third-order valence-electron chi connectivity index (χ3n) is 12.0. The zero-order valence-electron chi connectivity index (χ0n) is 47.2. The van der Waals surface area contributed by atoms with E-state index >= 15 is 0 Å². The highest BCUT2D eigenvalue weighted by molar-refractivity contribution is 5.98. The van der Waals surface area contributed by atoms with Crippen molar-refractivity contribution in [2.75, 3.05) is 26.2 Å². The van der Waals surface area contributed by atoms with Crippen molar-refractivity contribution < 1.29 is 48.3 Å². The van der Waals surface area contributed by atoms with Gasteiger partial charge >= 0.3 is 5.97 Å². The molecule has 0 saturated carbocycles. The van der Waals surface area contributed by atoms with Gasteiger partial charge in [-0.3, -0.25) is 53.3 Å². The first-order chi connectivity index (χ1) is 36.4. The topological polar surface area (TPSA) is 515 Å². The molecule has 0 heterocycles. The van der Waals surface area contributed by atoms with E-state index in [9.17, 15) is 48.3 Å². The molecule has 0 bridgehead atoms. The minimum Gasteiger partial charge on any atom is -0.480 e. The molecule has 446 valence electrons. The lowest BCUT2D eigenvalue weighted by molar-refractivity contribution is -0.143. The molecule has 0 saturated heterocycles. The van der Waals surface area contributed by atoms with Crippen LogP contribution in [0.2, 0.25) is 0 Å². The van der Waals surface area contributed by atoms with Gasteiger partial charge in [0, 0.05) is 19.6 Å². The van der Waals surface area contributed by atoms with Crippen LogP contribution in [0.4, 0.5) is 0 Å². The Kier molecular flexibility index (Phi) is 34.3. The first-order valence-electron chi connectivity index (χ1n) is 26.7. The lowest BCUT2D eigenvalue weighted by Gasteiger charge is -2.29. The number of rotatable bonds is 39. The van der Waals surface area contributed by atoms with E-state index in [0.717, 1.165) is 0 Å². The Balaban J connectivity index is 6.84. The molecule has 0 aliphatic heterocycles. The number of hydrogen-bond acceptors (Lipinski definition) is 14. The maximum Gasteiger partial charge on any atom is 0.326 e. The summed E-state index contributed by atoms with van der Waals surface area (Å²) in [6.07, 6.45) is 1.78. The number of carboxylic acids is 1. The molecule has 9 unspecified atom stereocenters. The number of nitrogens with zero attached hydrogens (tertiary/aromatic N) is 3. The fourth-order valence-electron chi connectivity index (χ4n) is 7.59. The molecule has 0 aromatic carbocycles. The molecule has 0 aliphatic rings. The Morgan fingerprint density at radius 3 is 1.10 bits per heavy atom. The summed E-state index contributed by atoms with van der Waals surface area (Å²) in [6, 6.07) is -11.0. The van der Waals surface area contributed by atoms with Gasteiger partial charge in [-0.1, -0.05) is 55.4 Å². The van der Waals surface area contributed by atoms with Gasteiger partial charge in [0.1, 0.15) is 48.3 Å². The molecular weight excluding hydrogens is 1010 g/mol. The molecule has 25 N–H and O–H groups in total. The molecule has 0 radical (unpaired) electrons. The molecule has 29 heteroatoms. The largest absolute Gasteiger partial charge is 0.480 e. The number of carbonyl (C=O) groups is 9. The second-order valence-corrected chi connectivity index (χ2v) is 20.8. The van der Waals surface area contributed by atoms with Crippen LogP contribution in [0, 0.1) is 23.7 Å². The number of amides is 8. The van der Waals surface area contributed by atoms with E-state index in [1.54, 1.807) is 55.4 Å². The minimum absolute atomic E-state index is 0.0405. The number of nitrogens with two attached hydrogens (primary N) is 8. The van der Waals surface area contributed by atoms with Gasteiger partial charge in [-0.25, -0.2) is 4.79 Å². The highest BCUT2D eigenvalue weighted by atomic mass is 16.4. The van der Waals surface area contributed by atoms with Gasteiger partial charge in [-0.05, 0) is 108 Å². The quantitative estimate of drug-likeness (QED) is 0.0158.